The lowest BCUT2D eigenvalue weighted by Gasteiger charge is -2.20. The second-order valence-corrected chi connectivity index (χ2v) is 8.65. The molecule has 0 saturated carbocycles. The highest BCUT2D eigenvalue weighted by atomic mass is 35.5. The summed E-state index contributed by atoms with van der Waals surface area (Å²) >= 11 is 6.45. The molecule has 1 atom stereocenters. The van der Waals surface area contributed by atoms with Crippen molar-refractivity contribution < 1.29 is 4.79 Å². The van der Waals surface area contributed by atoms with Crippen molar-refractivity contribution in [2.45, 2.75) is 25.6 Å². The van der Waals surface area contributed by atoms with Gasteiger partial charge in [-0.25, -0.2) is 9.97 Å². The molecule has 7 heteroatoms. The fraction of sp³-hybridized carbons (Fsp3) is 0.148. The number of rotatable bonds is 2. The van der Waals surface area contributed by atoms with Crippen LogP contribution in [0.4, 0.5) is 11.6 Å². The maximum atomic E-state index is 13.2. The van der Waals surface area contributed by atoms with Crippen LogP contribution in [0.3, 0.4) is 0 Å². The van der Waals surface area contributed by atoms with Crippen LogP contribution in [-0.2, 0) is 24.3 Å². The minimum Gasteiger partial charge on any atom is -0.351 e. The van der Waals surface area contributed by atoms with Crippen LogP contribution < -0.4 is 16.0 Å². The van der Waals surface area contributed by atoms with Gasteiger partial charge in [0.2, 0.25) is 11.9 Å². The highest BCUT2D eigenvalue weighted by Gasteiger charge is 2.19. The van der Waals surface area contributed by atoms with Gasteiger partial charge in [0, 0.05) is 24.8 Å². The van der Waals surface area contributed by atoms with E-state index < -0.39 is 0 Å². The molecule has 0 fully saturated rings. The largest absolute Gasteiger partial charge is 0.351 e. The van der Waals surface area contributed by atoms with Crippen molar-refractivity contribution in [3.05, 3.63) is 107 Å². The van der Waals surface area contributed by atoms with Gasteiger partial charge in [0.05, 0.1) is 22.4 Å². The third-order valence-electron chi connectivity index (χ3n) is 5.77. The number of carbonyl (C=O) groups is 1. The van der Waals surface area contributed by atoms with Gasteiger partial charge < -0.3 is 16.0 Å². The maximum absolute atomic E-state index is 13.2. The Morgan fingerprint density at radius 3 is 2.65 bits per heavy atom. The molecule has 1 aliphatic heterocycles. The molecule has 6 nitrogen and oxygen atoms in total. The first-order chi connectivity index (χ1) is 16.6. The average molecular weight is 470 g/mol. The van der Waals surface area contributed by atoms with Crippen LogP contribution >= 0.6 is 11.6 Å². The molecule has 0 radical (unpaired) electrons. The van der Waals surface area contributed by atoms with Crippen LogP contribution in [0.5, 0.6) is 0 Å². The maximum Gasteiger partial charge on any atom is 0.237 e. The van der Waals surface area contributed by atoms with E-state index in [2.05, 4.69) is 25.9 Å². The third kappa shape index (κ3) is 5.25. The van der Waals surface area contributed by atoms with Gasteiger partial charge in [-0.2, -0.15) is 0 Å². The molecule has 1 aromatic heterocycles. The summed E-state index contributed by atoms with van der Waals surface area (Å²) in [6, 6.07) is 25.2. The van der Waals surface area contributed by atoms with E-state index in [-0.39, 0.29) is 11.9 Å². The van der Waals surface area contributed by atoms with E-state index in [9.17, 15) is 4.79 Å². The first-order valence-electron chi connectivity index (χ1n) is 11.2. The molecule has 4 aromatic rings. The first kappa shape index (κ1) is 22.1. The van der Waals surface area contributed by atoms with Crippen molar-refractivity contribution in [1.82, 2.24) is 20.6 Å². The molecule has 2 heterocycles. The molecule has 1 amide bonds. The normalized spacial score (nSPS) is 15.8. The standard InChI is InChI=1S/C27H24ClN5O/c28-22-10-9-20-15-24(22)33-27-29-12-11-23(32-27)21-8-4-7-19(13-21)17-31-26(34)25(30-16-20)14-18-5-2-1-3-6-18/h1-13,15,25,30H,14,16-17H2,(H,31,34)(H,29,32,33)/t25-/m0/s1. The van der Waals surface area contributed by atoms with E-state index in [1.807, 2.05) is 78.9 Å². The Morgan fingerprint density at radius 2 is 1.76 bits per heavy atom. The third-order valence-corrected chi connectivity index (χ3v) is 6.10. The number of amides is 1. The van der Waals surface area contributed by atoms with Gasteiger partial charge in [0.15, 0.2) is 0 Å². The molecule has 34 heavy (non-hydrogen) atoms. The Balaban J connectivity index is 1.51. The number of hydrogen-bond acceptors (Lipinski definition) is 5. The van der Waals surface area contributed by atoms with Crippen molar-refractivity contribution in [2.24, 2.45) is 0 Å². The highest BCUT2D eigenvalue weighted by Crippen LogP contribution is 2.27. The number of halogens is 1. The molecule has 5 rings (SSSR count). The molecular formula is C27H24ClN5O. The monoisotopic (exact) mass is 469 g/mol. The molecule has 3 N–H and O–H groups in total. The first-order valence-corrected chi connectivity index (χ1v) is 11.5. The number of carbonyl (C=O) groups excluding carboxylic acids is 1. The Kier molecular flexibility index (Phi) is 6.51. The molecule has 3 aromatic carbocycles. The Morgan fingerprint density at radius 1 is 0.912 bits per heavy atom. The fourth-order valence-corrected chi connectivity index (χ4v) is 4.14. The molecule has 0 spiro atoms. The number of anilines is 2. The molecule has 170 valence electrons. The summed E-state index contributed by atoms with van der Waals surface area (Å²) in [7, 11) is 0. The predicted molar refractivity (Wildman–Crippen MR) is 135 cm³/mol. The zero-order chi connectivity index (χ0) is 23.3. The summed E-state index contributed by atoms with van der Waals surface area (Å²) in [4.78, 5) is 22.2. The Labute approximate surface area is 203 Å². The molecule has 0 aliphatic carbocycles. The van der Waals surface area contributed by atoms with E-state index in [1.54, 1.807) is 6.20 Å². The Hall–Kier alpha value is -3.74. The number of nitrogens with zero attached hydrogens (tertiary/aromatic N) is 2. The van der Waals surface area contributed by atoms with Crippen LogP contribution in [-0.4, -0.2) is 21.9 Å². The van der Waals surface area contributed by atoms with Gasteiger partial charge in [-0.1, -0.05) is 66.2 Å². The summed E-state index contributed by atoms with van der Waals surface area (Å²) in [5, 5.41) is 10.3. The molecule has 6 bridgehead atoms. The second kappa shape index (κ2) is 10.0. The van der Waals surface area contributed by atoms with Crippen LogP contribution in [0.1, 0.15) is 16.7 Å². The van der Waals surface area contributed by atoms with Crippen molar-refractivity contribution >= 4 is 29.1 Å². The average Bonchev–Trinajstić information content (AvgIpc) is 2.87. The molecule has 1 aliphatic rings. The van der Waals surface area contributed by atoms with E-state index in [4.69, 9.17) is 11.6 Å². The van der Waals surface area contributed by atoms with Crippen molar-refractivity contribution in [1.29, 1.82) is 0 Å². The molecule has 0 saturated heterocycles. The number of fused-ring (bicyclic) bond motifs is 7. The van der Waals surface area contributed by atoms with Gasteiger partial charge >= 0.3 is 0 Å². The summed E-state index contributed by atoms with van der Waals surface area (Å²) < 4.78 is 0. The van der Waals surface area contributed by atoms with E-state index in [1.165, 1.54) is 0 Å². The van der Waals surface area contributed by atoms with Crippen LogP contribution in [0.15, 0.2) is 85.1 Å². The number of hydrogen-bond donors (Lipinski definition) is 3. The lowest BCUT2D eigenvalue weighted by Crippen LogP contribution is -2.45. The van der Waals surface area contributed by atoms with Crippen LogP contribution in [0.2, 0.25) is 5.02 Å². The van der Waals surface area contributed by atoms with E-state index in [0.29, 0.717) is 36.2 Å². The number of nitrogens with one attached hydrogen (secondary N) is 3. The minimum absolute atomic E-state index is 0.0435. The van der Waals surface area contributed by atoms with Gasteiger partial charge in [-0.3, -0.25) is 4.79 Å². The Bertz CT molecular complexity index is 1310. The second-order valence-electron chi connectivity index (χ2n) is 8.25. The highest BCUT2D eigenvalue weighted by molar-refractivity contribution is 6.33. The van der Waals surface area contributed by atoms with Gasteiger partial charge in [-0.15, -0.1) is 0 Å². The summed E-state index contributed by atoms with van der Waals surface area (Å²) in [6.07, 6.45) is 2.31. The van der Waals surface area contributed by atoms with E-state index in [0.717, 1.165) is 27.9 Å². The zero-order valence-electron chi connectivity index (χ0n) is 18.5. The van der Waals surface area contributed by atoms with Crippen LogP contribution in [0, 0.1) is 0 Å². The van der Waals surface area contributed by atoms with Crippen molar-refractivity contribution in [3.63, 3.8) is 0 Å². The fourth-order valence-electron chi connectivity index (χ4n) is 3.98. The summed E-state index contributed by atoms with van der Waals surface area (Å²) in [5.41, 5.74) is 5.53. The van der Waals surface area contributed by atoms with Gasteiger partial charge in [0.25, 0.3) is 0 Å². The SMILES string of the molecule is O=C1NCc2cccc(c2)-c2ccnc(n2)Nc2cc(ccc2Cl)CN[C@H]1Cc1ccccc1. The quantitative estimate of drug-likeness (QED) is 0.390. The molecule has 0 unspecified atom stereocenters. The number of aromatic nitrogens is 2. The number of benzene rings is 3. The zero-order valence-corrected chi connectivity index (χ0v) is 19.2. The minimum atomic E-state index is -0.387. The van der Waals surface area contributed by atoms with E-state index >= 15 is 0 Å². The van der Waals surface area contributed by atoms with Crippen LogP contribution in [0.25, 0.3) is 11.3 Å². The van der Waals surface area contributed by atoms with Gasteiger partial charge in [0.1, 0.15) is 0 Å². The summed E-state index contributed by atoms with van der Waals surface area (Å²) in [5.74, 6) is 0.426. The smallest absolute Gasteiger partial charge is 0.237 e. The molecular weight excluding hydrogens is 446 g/mol. The van der Waals surface area contributed by atoms with Crippen molar-refractivity contribution in [3.8, 4) is 11.3 Å². The summed E-state index contributed by atoms with van der Waals surface area (Å²) in [6.45, 7) is 0.939. The van der Waals surface area contributed by atoms with Gasteiger partial charge in [-0.05, 0) is 47.4 Å². The predicted octanol–water partition coefficient (Wildman–Crippen LogP) is 4.87. The lowest BCUT2D eigenvalue weighted by molar-refractivity contribution is -0.123. The van der Waals surface area contributed by atoms with Crippen molar-refractivity contribution in [2.75, 3.05) is 5.32 Å². The topological polar surface area (TPSA) is 78.9 Å². The lowest BCUT2D eigenvalue weighted by atomic mass is 10.0.